The van der Waals surface area contributed by atoms with Crippen LogP contribution in [0.3, 0.4) is 0 Å². The number of para-hydroxylation sites is 1. The van der Waals surface area contributed by atoms with E-state index < -0.39 is 0 Å². The van der Waals surface area contributed by atoms with E-state index in [9.17, 15) is 4.79 Å². The molecule has 0 amide bonds. The molecule has 3 aromatic carbocycles. The minimum atomic E-state index is -0.323. The van der Waals surface area contributed by atoms with E-state index in [-0.39, 0.29) is 18.1 Å². The number of hydrogen-bond donors (Lipinski definition) is 2. The van der Waals surface area contributed by atoms with Crippen molar-refractivity contribution in [3.8, 4) is 0 Å². The van der Waals surface area contributed by atoms with Crippen LogP contribution in [0.1, 0.15) is 29.6 Å². The molecule has 29 heavy (non-hydrogen) atoms. The van der Waals surface area contributed by atoms with Gasteiger partial charge in [-0.25, -0.2) is 4.79 Å². The smallest absolute Gasteiger partial charge is 0.337 e. The lowest BCUT2D eigenvalue weighted by molar-refractivity contribution is -0.136. The Morgan fingerprint density at radius 2 is 1.41 bits per heavy atom. The highest BCUT2D eigenvalue weighted by Gasteiger charge is 2.35. The molecular formula is C25H24N2O2. The minimum Gasteiger partial charge on any atom is -0.466 e. The first-order valence-electron chi connectivity index (χ1n) is 9.75. The van der Waals surface area contributed by atoms with Crippen molar-refractivity contribution >= 4 is 11.7 Å². The third kappa shape index (κ3) is 4.23. The first-order chi connectivity index (χ1) is 14.3. The highest BCUT2D eigenvalue weighted by Crippen LogP contribution is 2.38. The molecule has 3 aromatic rings. The van der Waals surface area contributed by atoms with Gasteiger partial charge in [-0.05, 0) is 23.3 Å². The number of carbonyl (C=O) groups is 1. The molecule has 0 saturated heterocycles. The Labute approximate surface area is 171 Å². The summed E-state index contributed by atoms with van der Waals surface area (Å²) in [5.41, 5.74) is 4.66. The standard InChI is InChI=1S/C25H24N2O2/c1-29-25(28)23-22(26-20-15-9-4-10-16-20)17-21(18-11-5-2-6-12-18)27-24(23)19-13-7-3-8-14-19/h2-16,21,24,26-27H,17H2,1H3/t21-,24+/m0/s1. The number of benzene rings is 3. The van der Waals surface area contributed by atoms with Gasteiger partial charge in [-0.15, -0.1) is 0 Å². The third-order valence-electron chi connectivity index (χ3n) is 5.20. The molecule has 1 aliphatic rings. The van der Waals surface area contributed by atoms with Crippen molar-refractivity contribution in [1.29, 1.82) is 0 Å². The molecule has 0 spiro atoms. The van der Waals surface area contributed by atoms with Gasteiger partial charge in [0, 0.05) is 23.8 Å². The summed E-state index contributed by atoms with van der Waals surface area (Å²) in [6.45, 7) is 0. The normalized spacial score (nSPS) is 18.9. The topological polar surface area (TPSA) is 50.4 Å². The summed E-state index contributed by atoms with van der Waals surface area (Å²) >= 11 is 0. The molecule has 4 nitrogen and oxygen atoms in total. The van der Waals surface area contributed by atoms with Crippen LogP contribution in [-0.4, -0.2) is 13.1 Å². The Balaban J connectivity index is 1.81. The van der Waals surface area contributed by atoms with Crippen molar-refractivity contribution in [2.45, 2.75) is 18.5 Å². The predicted molar refractivity (Wildman–Crippen MR) is 115 cm³/mol. The van der Waals surface area contributed by atoms with Gasteiger partial charge in [-0.2, -0.15) is 0 Å². The van der Waals surface area contributed by atoms with Crippen molar-refractivity contribution in [2.75, 3.05) is 12.4 Å². The van der Waals surface area contributed by atoms with E-state index in [1.165, 1.54) is 12.7 Å². The Morgan fingerprint density at radius 1 is 0.862 bits per heavy atom. The number of hydrogen-bond acceptors (Lipinski definition) is 4. The number of esters is 1. The number of rotatable bonds is 5. The molecule has 1 aliphatic heterocycles. The van der Waals surface area contributed by atoms with Crippen molar-refractivity contribution in [3.63, 3.8) is 0 Å². The SMILES string of the molecule is COC(=O)C1=C(Nc2ccccc2)C[C@@H](c2ccccc2)N[C@@H]1c1ccccc1. The molecule has 1 heterocycles. The summed E-state index contributed by atoms with van der Waals surface area (Å²) in [5, 5.41) is 7.15. The molecule has 0 fully saturated rings. The average Bonchev–Trinajstić information content (AvgIpc) is 2.80. The van der Waals surface area contributed by atoms with Gasteiger partial charge in [-0.3, -0.25) is 5.32 Å². The van der Waals surface area contributed by atoms with E-state index in [1.54, 1.807) is 0 Å². The van der Waals surface area contributed by atoms with Crippen LogP contribution in [-0.2, 0) is 9.53 Å². The van der Waals surface area contributed by atoms with Crippen LogP contribution >= 0.6 is 0 Å². The quantitative estimate of drug-likeness (QED) is 0.608. The van der Waals surface area contributed by atoms with Crippen LogP contribution in [0, 0.1) is 0 Å². The van der Waals surface area contributed by atoms with E-state index in [4.69, 9.17) is 4.74 Å². The lowest BCUT2D eigenvalue weighted by Crippen LogP contribution is -2.37. The van der Waals surface area contributed by atoms with Crippen LogP contribution in [0.15, 0.2) is 102 Å². The van der Waals surface area contributed by atoms with Crippen LogP contribution in [0.5, 0.6) is 0 Å². The van der Waals surface area contributed by atoms with Crippen molar-refractivity contribution in [3.05, 3.63) is 113 Å². The number of anilines is 1. The third-order valence-corrected chi connectivity index (χ3v) is 5.20. The molecule has 0 bridgehead atoms. The van der Waals surface area contributed by atoms with Crippen LogP contribution < -0.4 is 10.6 Å². The summed E-state index contributed by atoms with van der Waals surface area (Å²) in [7, 11) is 1.43. The molecule has 0 radical (unpaired) electrons. The molecule has 4 heteroatoms. The van der Waals surface area contributed by atoms with Crippen molar-refractivity contribution < 1.29 is 9.53 Å². The first-order valence-corrected chi connectivity index (χ1v) is 9.75. The van der Waals surface area contributed by atoms with E-state index in [0.717, 1.165) is 16.9 Å². The average molecular weight is 384 g/mol. The number of ether oxygens (including phenoxy) is 1. The fourth-order valence-corrected chi connectivity index (χ4v) is 3.80. The molecule has 2 N–H and O–H groups in total. The second-order valence-electron chi connectivity index (χ2n) is 7.05. The van der Waals surface area contributed by atoms with Gasteiger partial charge in [0.2, 0.25) is 0 Å². The highest BCUT2D eigenvalue weighted by atomic mass is 16.5. The largest absolute Gasteiger partial charge is 0.466 e. The van der Waals surface area contributed by atoms with Gasteiger partial charge in [0.25, 0.3) is 0 Å². The van der Waals surface area contributed by atoms with Gasteiger partial charge >= 0.3 is 5.97 Å². The zero-order chi connectivity index (χ0) is 20.1. The second kappa shape index (κ2) is 8.76. The van der Waals surface area contributed by atoms with Crippen LogP contribution in [0.2, 0.25) is 0 Å². The van der Waals surface area contributed by atoms with E-state index in [0.29, 0.717) is 12.0 Å². The van der Waals surface area contributed by atoms with Gasteiger partial charge in [0.15, 0.2) is 0 Å². The minimum absolute atomic E-state index is 0.0704. The molecule has 4 rings (SSSR count). The molecule has 0 aliphatic carbocycles. The number of carbonyl (C=O) groups excluding carboxylic acids is 1. The Morgan fingerprint density at radius 3 is 2.00 bits per heavy atom. The molecule has 2 atom stereocenters. The molecule has 146 valence electrons. The maximum absolute atomic E-state index is 12.8. The van der Waals surface area contributed by atoms with E-state index in [2.05, 4.69) is 22.8 Å². The van der Waals surface area contributed by atoms with Crippen molar-refractivity contribution in [1.82, 2.24) is 5.32 Å². The maximum Gasteiger partial charge on any atom is 0.337 e. The first kappa shape index (κ1) is 19.0. The van der Waals surface area contributed by atoms with Crippen LogP contribution in [0.4, 0.5) is 5.69 Å². The van der Waals surface area contributed by atoms with Gasteiger partial charge in [0.05, 0.1) is 18.7 Å². The zero-order valence-corrected chi connectivity index (χ0v) is 16.3. The second-order valence-corrected chi connectivity index (χ2v) is 7.05. The fourth-order valence-electron chi connectivity index (χ4n) is 3.80. The Hall–Kier alpha value is -3.37. The van der Waals surface area contributed by atoms with E-state index in [1.807, 2.05) is 78.9 Å². The zero-order valence-electron chi connectivity index (χ0n) is 16.3. The molecule has 0 saturated carbocycles. The lowest BCUT2D eigenvalue weighted by atomic mass is 9.87. The highest BCUT2D eigenvalue weighted by molar-refractivity contribution is 5.92. The van der Waals surface area contributed by atoms with Gasteiger partial charge in [-0.1, -0.05) is 78.9 Å². The monoisotopic (exact) mass is 384 g/mol. The Kier molecular flexibility index (Phi) is 5.73. The molecule has 0 aromatic heterocycles. The number of nitrogens with one attached hydrogen (secondary N) is 2. The Bertz CT molecular complexity index is 985. The summed E-state index contributed by atoms with van der Waals surface area (Å²) in [4.78, 5) is 12.8. The fraction of sp³-hybridized carbons (Fsp3) is 0.160. The van der Waals surface area contributed by atoms with Gasteiger partial charge in [0.1, 0.15) is 0 Å². The summed E-state index contributed by atoms with van der Waals surface area (Å²) in [5.74, 6) is -0.323. The van der Waals surface area contributed by atoms with Crippen LogP contribution in [0.25, 0.3) is 0 Å². The lowest BCUT2D eigenvalue weighted by Gasteiger charge is -2.35. The molecule has 0 unspecified atom stereocenters. The molecular weight excluding hydrogens is 360 g/mol. The maximum atomic E-state index is 12.8. The number of methoxy groups -OCH3 is 1. The predicted octanol–water partition coefficient (Wildman–Crippen LogP) is 5.00. The summed E-state index contributed by atoms with van der Waals surface area (Å²) in [6, 6.07) is 30.1. The van der Waals surface area contributed by atoms with E-state index >= 15 is 0 Å². The summed E-state index contributed by atoms with van der Waals surface area (Å²) in [6.07, 6.45) is 0.659. The van der Waals surface area contributed by atoms with Gasteiger partial charge < -0.3 is 10.1 Å². The van der Waals surface area contributed by atoms with Crippen molar-refractivity contribution in [2.24, 2.45) is 0 Å². The summed E-state index contributed by atoms with van der Waals surface area (Å²) < 4.78 is 5.17.